The van der Waals surface area contributed by atoms with E-state index in [1.165, 1.54) is 48.7 Å². The van der Waals surface area contributed by atoms with Gasteiger partial charge in [0.2, 0.25) is 15.9 Å². The lowest BCUT2D eigenvalue weighted by atomic mass is 9.93. The molecule has 11 nitrogen and oxygen atoms in total. The van der Waals surface area contributed by atoms with Crippen molar-refractivity contribution in [3.8, 4) is 11.1 Å². The molecule has 1 aliphatic rings. The number of rotatable bonds is 11. The summed E-state index contributed by atoms with van der Waals surface area (Å²) in [5, 5.41) is 4.73. The van der Waals surface area contributed by atoms with Crippen molar-refractivity contribution in [2.75, 3.05) is 13.1 Å². The zero-order valence-corrected chi connectivity index (χ0v) is 28.3. The molecule has 0 radical (unpaired) electrons. The second kappa shape index (κ2) is 14.6. The summed E-state index contributed by atoms with van der Waals surface area (Å²) >= 11 is 0. The van der Waals surface area contributed by atoms with Crippen LogP contribution >= 0.6 is 0 Å². The lowest BCUT2D eigenvalue weighted by molar-refractivity contribution is -0.199. The van der Waals surface area contributed by atoms with Gasteiger partial charge >= 0.3 is 6.18 Å². The molecule has 49 heavy (non-hydrogen) atoms. The number of sulfonamides is 2. The van der Waals surface area contributed by atoms with Crippen molar-refractivity contribution in [3.05, 3.63) is 84.1 Å². The van der Waals surface area contributed by atoms with E-state index in [2.05, 4.69) is 4.98 Å². The number of Topliss-reactive ketones (excluding diaryl/α,β-unsaturated/α-hetero) is 1. The van der Waals surface area contributed by atoms with Crippen molar-refractivity contribution in [2.24, 2.45) is 10.9 Å². The summed E-state index contributed by atoms with van der Waals surface area (Å²) in [7, 11) is -8.09. The topological polar surface area (TPSA) is 174 Å². The molecule has 1 unspecified atom stereocenters. The van der Waals surface area contributed by atoms with Crippen LogP contribution < -0.4 is 10.9 Å². The minimum absolute atomic E-state index is 0.0823. The number of halogens is 4. The number of carbonyl (C=O) groups excluding carboxylic acids is 2. The van der Waals surface area contributed by atoms with E-state index in [9.17, 15) is 30.8 Å². The van der Waals surface area contributed by atoms with Crippen LogP contribution in [0.2, 0.25) is 0 Å². The normalized spacial score (nSPS) is 18.0. The summed E-state index contributed by atoms with van der Waals surface area (Å²) in [4.78, 5) is 31.7. The zero-order chi connectivity index (χ0) is 36.4. The van der Waals surface area contributed by atoms with Crippen LogP contribution in [0.15, 0.2) is 78.0 Å². The van der Waals surface area contributed by atoms with Gasteiger partial charge in [0.15, 0.2) is 16.9 Å². The largest absolute Gasteiger partial charge is 0.413 e. The Kier molecular flexibility index (Phi) is 11.3. The molecular weight excluding hydrogens is 691 g/mol. The lowest BCUT2D eigenvalue weighted by Gasteiger charge is -2.40. The number of pyridine rings is 1. The van der Waals surface area contributed by atoms with Crippen molar-refractivity contribution in [1.29, 1.82) is 0 Å². The van der Waals surface area contributed by atoms with Gasteiger partial charge in [-0.05, 0) is 61.1 Å². The number of alkyl halides is 4. The maximum atomic E-state index is 15.1. The quantitative estimate of drug-likeness (QED) is 0.280. The Balaban J connectivity index is 1.73. The number of ketones is 1. The Bertz CT molecular complexity index is 1850. The first-order chi connectivity index (χ1) is 22.7. The summed E-state index contributed by atoms with van der Waals surface area (Å²) in [5.41, 5.74) is 4.95. The summed E-state index contributed by atoms with van der Waals surface area (Å²) in [6.45, 7) is 1.17. The maximum Gasteiger partial charge on any atom is 0.413 e. The molecule has 1 saturated heterocycles. The zero-order valence-electron chi connectivity index (χ0n) is 26.7. The van der Waals surface area contributed by atoms with E-state index in [1.807, 2.05) is 0 Å². The monoisotopic (exact) mass is 727 g/mol. The number of primary sulfonamides is 1. The average molecular weight is 728 g/mol. The standard InChI is InChI=1S/C32H37F4N5O6S2/c1-31(2,33)18-25(37)30(43)41(26-6-5-17-40(19-27(26)42)49(46,47)28-7-3-4-16-39-28)29(32(34,35)36)24-14-12-23(13-15-24)22-10-8-21(9-11-22)20-48(38,44)45/h3-4,7-16,25-26,29H,5-6,17-20,37H2,1-2H3,(H2,38,44,45)/t25-,26?,29-/m0/s1. The minimum Gasteiger partial charge on any atom is -0.320 e. The second-order valence-corrected chi connectivity index (χ2v) is 16.0. The summed E-state index contributed by atoms with van der Waals surface area (Å²) in [6.07, 6.45) is -4.95. The van der Waals surface area contributed by atoms with Crippen LogP contribution in [-0.2, 0) is 35.4 Å². The molecule has 17 heteroatoms. The summed E-state index contributed by atoms with van der Waals surface area (Å²) in [5.74, 6) is -2.69. The van der Waals surface area contributed by atoms with Crippen molar-refractivity contribution in [1.82, 2.24) is 14.2 Å². The highest BCUT2D eigenvalue weighted by atomic mass is 32.2. The third-order valence-electron chi connectivity index (χ3n) is 7.91. The van der Waals surface area contributed by atoms with E-state index >= 15 is 13.2 Å². The molecule has 2 aromatic carbocycles. The van der Waals surface area contributed by atoms with Crippen molar-refractivity contribution in [3.63, 3.8) is 0 Å². The molecule has 0 saturated carbocycles. The van der Waals surface area contributed by atoms with E-state index in [0.717, 1.165) is 30.3 Å². The van der Waals surface area contributed by atoms with Gasteiger partial charge in [-0.25, -0.2) is 31.3 Å². The molecule has 0 spiro atoms. The highest BCUT2D eigenvalue weighted by Crippen LogP contribution is 2.41. The molecule has 1 aromatic heterocycles. The van der Waals surface area contributed by atoms with Crippen LogP contribution in [0.25, 0.3) is 11.1 Å². The number of nitrogens with two attached hydrogens (primary N) is 2. The van der Waals surface area contributed by atoms with Gasteiger partial charge in [0, 0.05) is 19.2 Å². The van der Waals surface area contributed by atoms with Crippen LogP contribution in [0.3, 0.4) is 0 Å². The molecule has 4 rings (SSSR count). The fraction of sp³-hybridized carbons (Fsp3) is 0.406. The molecule has 3 atom stereocenters. The van der Waals surface area contributed by atoms with Crippen molar-refractivity contribution < 1.29 is 44.0 Å². The van der Waals surface area contributed by atoms with Crippen LogP contribution in [0, 0.1) is 0 Å². The SMILES string of the molecule is CC(C)(F)C[C@H](N)C(=O)N(C1CCCN(S(=O)(=O)c2ccccn2)CC1=O)[C@@H](c1ccc(-c2ccc(CS(N)(=O)=O)cc2)cc1)C(F)(F)F. The third-order valence-corrected chi connectivity index (χ3v) is 10.4. The van der Waals surface area contributed by atoms with Gasteiger partial charge in [0.05, 0.1) is 24.4 Å². The predicted octanol–water partition coefficient (Wildman–Crippen LogP) is 3.86. The van der Waals surface area contributed by atoms with Crippen LogP contribution in [0.4, 0.5) is 17.6 Å². The van der Waals surface area contributed by atoms with Gasteiger partial charge in [0.1, 0.15) is 5.67 Å². The molecule has 1 aliphatic heterocycles. The molecule has 0 bridgehead atoms. The molecule has 4 N–H and O–H groups in total. The first kappa shape index (κ1) is 38.0. The Hall–Kier alpha value is -3.77. The molecule has 266 valence electrons. The molecular formula is C32H37F4N5O6S2. The maximum absolute atomic E-state index is 15.1. The van der Waals surface area contributed by atoms with Gasteiger partial charge in [-0.1, -0.05) is 54.6 Å². The number of nitrogens with zero attached hydrogens (tertiary/aromatic N) is 3. The van der Waals surface area contributed by atoms with E-state index in [0.29, 0.717) is 21.6 Å². The number of aromatic nitrogens is 1. The first-order valence-electron chi connectivity index (χ1n) is 15.1. The molecule has 0 aliphatic carbocycles. The second-order valence-electron chi connectivity index (χ2n) is 12.5. The molecule has 1 fully saturated rings. The van der Waals surface area contributed by atoms with Crippen molar-refractivity contribution >= 4 is 31.7 Å². The Morgan fingerprint density at radius 1 is 0.980 bits per heavy atom. The molecule has 1 amide bonds. The summed E-state index contributed by atoms with van der Waals surface area (Å²) < 4.78 is 110. The van der Waals surface area contributed by atoms with Gasteiger partial charge in [-0.3, -0.25) is 9.59 Å². The van der Waals surface area contributed by atoms with E-state index in [1.54, 1.807) is 12.1 Å². The fourth-order valence-corrected chi connectivity index (χ4v) is 7.80. The van der Waals surface area contributed by atoms with Crippen LogP contribution in [-0.4, -0.2) is 79.7 Å². The smallest absolute Gasteiger partial charge is 0.320 e. The van der Waals surface area contributed by atoms with Gasteiger partial charge in [-0.2, -0.15) is 17.5 Å². The van der Waals surface area contributed by atoms with E-state index in [-0.39, 0.29) is 24.4 Å². The minimum atomic E-state index is -5.15. The highest BCUT2D eigenvalue weighted by molar-refractivity contribution is 7.89. The Morgan fingerprint density at radius 2 is 1.57 bits per heavy atom. The number of amides is 1. The van der Waals surface area contributed by atoms with Crippen LogP contribution in [0.1, 0.15) is 50.3 Å². The van der Waals surface area contributed by atoms with Gasteiger partial charge in [-0.15, -0.1) is 0 Å². The Labute approximate surface area is 282 Å². The molecule has 2 heterocycles. The van der Waals surface area contributed by atoms with Gasteiger partial charge < -0.3 is 10.6 Å². The number of carbonyl (C=O) groups is 2. The average Bonchev–Trinajstić information content (AvgIpc) is 3.20. The number of hydrogen-bond acceptors (Lipinski definition) is 8. The fourth-order valence-electron chi connectivity index (χ4n) is 5.76. The highest BCUT2D eigenvalue weighted by Gasteiger charge is 2.52. The Morgan fingerprint density at radius 3 is 2.08 bits per heavy atom. The molecule has 3 aromatic rings. The van der Waals surface area contributed by atoms with E-state index < -0.39 is 86.0 Å². The van der Waals surface area contributed by atoms with Gasteiger partial charge in [0.25, 0.3) is 10.0 Å². The predicted molar refractivity (Wildman–Crippen MR) is 173 cm³/mol. The first-order valence-corrected chi connectivity index (χ1v) is 18.3. The number of hydrogen-bond donors (Lipinski definition) is 2. The third kappa shape index (κ3) is 9.69. The van der Waals surface area contributed by atoms with Crippen LogP contribution in [0.5, 0.6) is 0 Å². The summed E-state index contributed by atoms with van der Waals surface area (Å²) in [6, 6.07) is 9.09. The number of benzene rings is 2. The van der Waals surface area contributed by atoms with E-state index in [4.69, 9.17) is 10.9 Å². The lowest BCUT2D eigenvalue weighted by Crippen LogP contribution is -2.57. The van der Waals surface area contributed by atoms with Crippen molar-refractivity contribution in [2.45, 2.75) is 73.9 Å².